The van der Waals surface area contributed by atoms with E-state index in [0.717, 1.165) is 13.2 Å². The second-order valence-electron chi connectivity index (χ2n) is 3.75. The highest BCUT2D eigenvalue weighted by molar-refractivity contribution is 4.72. The molecule has 0 N–H and O–H groups in total. The maximum Gasteiger partial charge on any atom is 0.0714 e. The number of hydrogen-bond donors (Lipinski definition) is 0. The number of hydrogen-bond acceptors (Lipinski definition) is 2. The molecule has 0 bridgehead atoms. The lowest BCUT2D eigenvalue weighted by Gasteiger charge is -2.11. The van der Waals surface area contributed by atoms with Crippen molar-refractivity contribution in [2.45, 2.75) is 38.7 Å². The minimum atomic E-state index is 0.520. The van der Waals surface area contributed by atoms with Crippen LogP contribution < -0.4 is 0 Å². The van der Waals surface area contributed by atoms with Crippen LogP contribution in [0.2, 0.25) is 0 Å². The van der Waals surface area contributed by atoms with Gasteiger partial charge in [0.2, 0.25) is 0 Å². The Kier molecular flexibility index (Phi) is 4.62. The number of likely N-dealkylation sites (tertiary alicyclic amines) is 1. The van der Waals surface area contributed by atoms with Gasteiger partial charge in [-0.2, -0.15) is 0 Å². The lowest BCUT2D eigenvalue weighted by molar-refractivity contribution is 0.0584. The average molecular weight is 171 g/mol. The van der Waals surface area contributed by atoms with Crippen LogP contribution in [0.5, 0.6) is 0 Å². The Balaban J connectivity index is 1.93. The molecule has 1 saturated heterocycles. The Hall–Kier alpha value is -0.0800. The summed E-state index contributed by atoms with van der Waals surface area (Å²) in [5.41, 5.74) is 0. The maximum absolute atomic E-state index is 5.73. The van der Waals surface area contributed by atoms with Gasteiger partial charge in [0.15, 0.2) is 0 Å². The summed E-state index contributed by atoms with van der Waals surface area (Å²) < 4.78 is 5.73. The van der Waals surface area contributed by atoms with Crippen molar-refractivity contribution in [3.63, 3.8) is 0 Å². The molecule has 72 valence electrons. The maximum atomic E-state index is 5.73. The van der Waals surface area contributed by atoms with E-state index in [4.69, 9.17) is 4.74 Å². The third-order valence-electron chi connectivity index (χ3n) is 2.45. The van der Waals surface area contributed by atoms with Gasteiger partial charge in [0.25, 0.3) is 0 Å². The summed E-state index contributed by atoms with van der Waals surface area (Å²) in [6, 6.07) is 0. The highest BCUT2D eigenvalue weighted by Gasteiger charge is 2.18. The zero-order valence-corrected chi connectivity index (χ0v) is 8.38. The van der Waals surface area contributed by atoms with Crippen molar-refractivity contribution in [3.05, 3.63) is 0 Å². The normalized spacial score (nSPS) is 25.0. The summed E-state index contributed by atoms with van der Waals surface area (Å²) in [5.74, 6) is 0. The fourth-order valence-corrected chi connectivity index (χ4v) is 1.63. The molecule has 1 aliphatic rings. The van der Waals surface area contributed by atoms with E-state index in [0.29, 0.717) is 6.10 Å². The van der Waals surface area contributed by atoms with Crippen molar-refractivity contribution in [1.82, 2.24) is 4.90 Å². The predicted octanol–water partition coefficient (Wildman–Crippen LogP) is 1.90. The van der Waals surface area contributed by atoms with E-state index in [1.54, 1.807) is 0 Å². The van der Waals surface area contributed by atoms with Crippen molar-refractivity contribution in [3.8, 4) is 0 Å². The summed E-state index contributed by atoms with van der Waals surface area (Å²) in [5, 5.41) is 0. The Morgan fingerprint density at radius 3 is 2.83 bits per heavy atom. The van der Waals surface area contributed by atoms with E-state index >= 15 is 0 Å². The van der Waals surface area contributed by atoms with Crippen LogP contribution in [0.15, 0.2) is 0 Å². The van der Waals surface area contributed by atoms with Crippen molar-refractivity contribution in [2.75, 3.05) is 26.7 Å². The number of unbranched alkanes of at least 4 members (excludes halogenated alkanes) is 2. The van der Waals surface area contributed by atoms with Crippen LogP contribution in [0.25, 0.3) is 0 Å². The molecule has 0 aromatic carbocycles. The van der Waals surface area contributed by atoms with Crippen LogP contribution >= 0.6 is 0 Å². The highest BCUT2D eigenvalue weighted by Crippen LogP contribution is 2.10. The van der Waals surface area contributed by atoms with Gasteiger partial charge >= 0.3 is 0 Å². The number of likely N-dealkylation sites (N-methyl/N-ethyl adjacent to an activating group) is 1. The molecule has 0 aromatic rings. The molecular weight excluding hydrogens is 150 g/mol. The van der Waals surface area contributed by atoms with E-state index in [-0.39, 0.29) is 0 Å². The van der Waals surface area contributed by atoms with E-state index in [9.17, 15) is 0 Å². The number of nitrogens with zero attached hydrogens (tertiary/aromatic N) is 1. The quantitative estimate of drug-likeness (QED) is 0.586. The van der Waals surface area contributed by atoms with Gasteiger partial charge in [-0.15, -0.1) is 0 Å². The van der Waals surface area contributed by atoms with Crippen LogP contribution in [0.3, 0.4) is 0 Å². The van der Waals surface area contributed by atoms with Gasteiger partial charge in [-0.1, -0.05) is 19.8 Å². The molecule has 1 fully saturated rings. The minimum Gasteiger partial charge on any atom is -0.377 e. The standard InChI is InChI=1S/C10H21NO/c1-3-4-5-8-12-10-6-7-11(2)9-10/h10H,3-9H2,1-2H3/t10-/m1/s1. The van der Waals surface area contributed by atoms with Gasteiger partial charge in [-0.25, -0.2) is 0 Å². The monoisotopic (exact) mass is 171 g/mol. The molecule has 12 heavy (non-hydrogen) atoms. The molecule has 1 heterocycles. The van der Waals surface area contributed by atoms with Crippen LogP contribution in [0.4, 0.5) is 0 Å². The van der Waals surface area contributed by atoms with Crippen LogP contribution in [0.1, 0.15) is 32.6 Å². The van der Waals surface area contributed by atoms with Crippen molar-refractivity contribution in [1.29, 1.82) is 0 Å². The van der Waals surface area contributed by atoms with Gasteiger partial charge in [-0.3, -0.25) is 0 Å². The topological polar surface area (TPSA) is 12.5 Å². The fraction of sp³-hybridized carbons (Fsp3) is 1.00. The summed E-state index contributed by atoms with van der Waals surface area (Å²) in [6.45, 7) is 5.53. The number of rotatable bonds is 5. The first-order chi connectivity index (χ1) is 5.83. The van der Waals surface area contributed by atoms with Gasteiger partial charge in [0.05, 0.1) is 6.10 Å². The van der Waals surface area contributed by atoms with Crippen LogP contribution in [-0.2, 0) is 4.74 Å². The van der Waals surface area contributed by atoms with Gasteiger partial charge in [0, 0.05) is 19.7 Å². The molecule has 0 aliphatic carbocycles. The van der Waals surface area contributed by atoms with E-state index in [2.05, 4.69) is 18.9 Å². The Bertz CT molecular complexity index is 116. The molecule has 0 radical (unpaired) electrons. The summed E-state index contributed by atoms with van der Waals surface area (Å²) in [6.07, 6.45) is 5.57. The van der Waals surface area contributed by atoms with E-state index < -0.39 is 0 Å². The summed E-state index contributed by atoms with van der Waals surface area (Å²) in [7, 11) is 2.16. The smallest absolute Gasteiger partial charge is 0.0714 e. The molecular formula is C10H21NO. The predicted molar refractivity (Wildman–Crippen MR) is 51.4 cm³/mol. The third-order valence-corrected chi connectivity index (χ3v) is 2.45. The van der Waals surface area contributed by atoms with Crippen molar-refractivity contribution in [2.24, 2.45) is 0 Å². The third kappa shape index (κ3) is 3.55. The molecule has 0 aromatic heterocycles. The Morgan fingerprint density at radius 2 is 2.25 bits per heavy atom. The van der Waals surface area contributed by atoms with Gasteiger partial charge < -0.3 is 9.64 Å². The van der Waals surface area contributed by atoms with Crippen LogP contribution in [0, 0.1) is 0 Å². The fourth-order valence-electron chi connectivity index (χ4n) is 1.63. The molecule has 2 heteroatoms. The SMILES string of the molecule is CCCCCO[C@@H]1CCN(C)C1. The molecule has 0 amide bonds. The van der Waals surface area contributed by atoms with Crippen molar-refractivity contribution < 1.29 is 4.74 Å². The highest BCUT2D eigenvalue weighted by atomic mass is 16.5. The molecule has 0 spiro atoms. The van der Waals surface area contributed by atoms with Gasteiger partial charge in [0.1, 0.15) is 0 Å². The molecule has 1 atom stereocenters. The summed E-state index contributed by atoms with van der Waals surface area (Å²) >= 11 is 0. The van der Waals surface area contributed by atoms with Gasteiger partial charge in [-0.05, 0) is 19.9 Å². The second-order valence-corrected chi connectivity index (χ2v) is 3.75. The average Bonchev–Trinajstić information content (AvgIpc) is 2.45. The zero-order valence-electron chi connectivity index (χ0n) is 8.38. The molecule has 0 unspecified atom stereocenters. The minimum absolute atomic E-state index is 0.520. The van der Waals surface area contributed by atoms with E-state index in [1.165, 1.54) is 32.2 Å². The first kappa shape index (κ1) is 10.0. The first-order valence-corrected chi connectivity index (χ1v) is 5.13. The van der Waals surface area contributed by atoms with Crippen LogP contribution in [-0.4, -0.2) is 37.7 Å². The Labute approximate surface area is 75.9 Å². The zero-order chi connectivity index (χ0) is 8.81. The molecule has 2 nitrogen and oxygen atoms in total. The number of ether oxygens (including phenoxy) is 1. The largest absolute Gasteiger partial charge is 0.377 e. The Morgan fingerprint density at radius 1 is 1.42 bits per heavy atom. The first-order valence-electron chi connectivity index (χ1n) is 5.13. The second kappa shape index (κ2) is 5.55. The molecule has 1 aliphatic heterocycles. The lowest BCUT2D eigenvalue weighted by atomic mass is 10.2. The van der Waals surface area contributed by atoms with E-state index in [1.807, 2.05) is 0 Å². The molecule has 0 saturated carbocycles. The lowest BCUT2D eigenvalue weighted by Crippen LogP contribution is -2.19. The summed E-state index contributed by atoms with van der Waals surface area (Å²) in [4.78, 5) is 2.34. The van der Waals surface area contributed by atoms with Crippen molar-refractivity contribution >= 4 is 0 Å². The molecule has 1 rings (SSSR count).